The zero-order chi connectivity index (χ0) is 14.5. The van der Waals surface area contributed by atoms with Crippen molar-refractivity contribution in [3.05, 3.63) is 35.1 Å². The Labute approximate surface area is 122 Å². The number of hydrogen-bond acceptors (Lipinski definition) is 4. The van der Waals surface area contributed by atoms with Crippen LogP contribution in [0, 0.1) is 0 Å². The Kier molecular flexibility index (Phi) is 4.76. The predicted octanol–water partition coefficient (Wildman–Crippen LogP) is 2.24. The molecule has 0 aliphatic rings. The Morgan fingerprint density at radius 3 is 3.00 bits per heavy atom. The third kappa shape index (κ3) is 3.18. The zero-order valence-corrected chi connectivity index (χ0v) is 11.9. The van der Waals surface area contributed by atoms with Crippen LogP contribution in [-0.2, 0) is 4.74 Å². The standard InChI is InChI=1S/C14H16ClN3O2/c1-20-6-2-4-18-14(19)13-11-7-9(15)8-12(16)10(11)3-5-17-13/h3,5,7-8H,2,4,6,16H2,1H3,(H,18,19). The van der Waals surface area contributed by atoms with Crippen molar-refractivity contribution < 1.29 is 9.53 Å². The van der Waals surface area contributed by atoms with Crippen LogP contribution < -0.4 is 11.1 Å². The molecule has 3 N–H and O–H groups in total. The monoisotopic (exact) mass is 293 g/mol. The van der Waals surface area contributed by atoms with Crippen molar-refractivity contribution in [1.29, 1.82) is 0 Å². The molecule has 1 heterocycles. The van der Waals surface area contributed by atoms with Crippen LogP contribution in [0.3, 0.4) is 0 Å². The lowest BCUT2D eigenvalue weighted by atomic mass is 10.1. The van der Waals surface area contributed by atoms with E-state index in [1.54, 1.807) is 31.5 Å². The second-order valence-electron chi connectivity index (χ2n) is 4.35. The molecule has 0 aliphatic heterocycles. The number of anilines is 1. The highest BCUT2D eigenvalue weighted by molar-refractivity contribution is 6.32. The van der Waals surface area contributed by atoms with Gasteiger partial charge in [0.2, 0.25) is 0 Å². The van der Waals surface area contributed by atoms with Crippen LogP contribution in [0.1, 0.15) is 16.9 Å². The van der Waals surface area contributed by atoms with Crippen LogP contribution in [0.15, 0.2) is 24.4 Å². The molecule has 0 atom stereocenters. The summed E-state index contributed by atoms with van der Waals surface area (Å²) in [5.41, 5.74) is 6.76. The van der Waals surface area contributed by atoms with Gasteiger partial charge in [0.1, 0.15) is 5.69 Å². The molecule has 2 rings (SSSR count). The molecule has 1 amide bonds. The Balaban J connectivity index is 2.27. The average molecular weight is 294 g/mol. The Morgan fingerprint density at radius 2 is 2.25 bits per heavy atom. The summed E-state index contributed by atoms with van der Waals surface area (Å²) < 4.78 is 4.93. The van der Waals surface area contributed by atoms with Gasteiger partial charge in [-0.2, -0.15) is 0 Å². The molecule has 1 aromatic heterocycles. The predicted molar refractivity (Wildman–Crippen MR) is 80.0 cm³/mol. The molecule has 0 aliphatic carbocycles. The number of ether oxygens (including phenoxy) is 1. The Morgan fingerprint density at radius 1 is 1.45 bits per heavy atom. The first-order valence-corrected chi connectivity index (χ1v) is 6.62. The number of nitrogens with zero attached hydrogens (tertiary/aromatic N) is 1. The molecule has 106 valence electrons. The van der Waals surface area contributed by atoms with Gasteiger partial charge >= 0.3 is 0 Å². The molecule has 20 heavy (non-hydrogen) atoms. The second-order valence-corrected chi connectivity index (χ2v) is 4.79. The zero-order valence-electron chi connectivity index (χ0n) is 11.1. The number of carbonyl (C=O) groups excluding carboxylic acids is 1. The lowest BCUT2D eigenvalue weighted by Crippen LogP contribution is -2.26. The van der Waals surface area contributed by atoms with Crippen molar-refractivity contribution in [2.75, 3.05) is 26.0 Å². The third-order valence-corrected chi connectivity index (χ3v) is 3.12. The van der Waals surface area contributed by atoms with Crippen LogP contribution in [-0.4, -0.2) is 31.2 Å². The topological polar surface area (TPSA) is 77.2 Å². The largest absolute Gasteiger partial charge is 0.398 e. The quantitative estimate of drug-likeness (QED) is 0.655. The van der Waals surface area contributed by atoms with Crippen molar-refractivity contribution in [1.82, 2.24) is 10.3 Å². The first-order valence-electron chi connectivity index (χ1n) is 6.24. The molecule has 0 saturated heterocycles. The van der Waals surface area contributed by atoms with E-state index < -0.39 is 0 Å². The van der Waals surface area contributed by atoms with Crippen molar-refractivity contribution in [3.8, 4) is 0 Å². The highest BCUT2D eigenvalue weighted by Crippen LogP contribution is 2.27. The molecule has 5 nitrogen and oxygen atoms in total. The van der Waals surface area contributed by atoms with E-state index in [1.807, 2.05) is 0 Å². The fraction of sp³-hybridized carbons (Fsp3) is 0.286. The van der Waals surface area contributed by atoms with E-state index in [1.165, 1.54) is 0 Å². The summed E-state index contributed by atoms with van der Waals surface area (Å²) in [6, 6.07) is 5.12. The minimum Gasteiger partial charge on any atom is -0.398 e. The fourth-order valence-corrected chi connectivity index (χ4v) is 2.19. The van der Waals surface area contributed by atoms with E-state index in [0.29, 0.717) is 34.9 Å². The van der Waals surface area contributed by atoms with Crippen LogP contribution in [0.25, 0.3) is 10.8 Å². The summed E-state index contributed by atoms with van der Waals surface area (Å²) >= 11 is 5.99. The summed E-state index contributed by atoms with van der Waals surface area (Å²) in [6.45, 7) is 1.13. The number of methoxy groups -OCH3 is 1. The number of amides is 1. The van der Waals surface area contributed by atoms with Gasteiger partial charge in [-0.25, -0.2) is 0 Å². The highest BCUT2D eigenvalue weighted by Gasteiger charge is 2.13. The summed E-state index contributed by atoms with van der Waals surface area (Å²) in [6.07, 6.45) is 2.31. The van der Waals surface area contributed by atoms with Gasteiger partial charge in [0.05, 0.1) is 0 Å². The molecule has 0 radical (unpaired) electrons. The van der Waals surface area contributed by atoms with E-state index >= 15 is 0 Å². The van der Waals surface area contributed by atoms with Crippen LogP contribution in [0.4, 0.5) is 5.69 Å². The molecule has 0 saturated carbocycles. The minimum atomic E-state index is -0.242. The van der Waals surface area contributed by atoms with Gasteiger partial charge in [-0.3, -0.25) is 9.78 Å². The first kappa shape index (κ1) is 14.6. The first-order chi connectivity index (χ1) is 9.63. The third-order valence-electron chi connectivity index (χ3n) is 2.90. The molecule has 0 unspecified atom stereocenters. The summed E-state index contributed by atoms with van der Waals surface area (Å²) in [5.74, 6) is -0.242. The average Bonchev–Trinajstić information content (AvgIpc) is 2.42. The van der Waals surface area contributed by atoms with E-state index in [0.717, 1.165) is 11.8 Å². The van der Waals surface area contributed by atoms with Gasteiger partial charge in [0.25, 0.3) is 5.91 Å². The smallest absolute Gasteiger partial charge is 0.270 e. The van der Waals surface area contributed by atoms with Gasteiger partial charge in [0, 0.05) is 47.9 Å². The van der Waals surface area contributed by atoms with Crippen LogP contribution in [0.5, 0.6) is 0 Å². The number of carbonyl (C=O) groups is 1. The van der Waals surface area contributed by atoms with Crippen molar-refractivity contribution in [2.45, 2.75) is 6.42 Å². The van der Waals surface area contributed by atoms with Crippen LogP contribution in [0.2, 0.25) is 5.02 Å². The van der Waals surface area contributed by atoms with Crippen molar-refractivity contribution >= 4 is 34.0 Å². The van der Waals surface area contributed by atoms with Gasteiger partial charge in [-0.05, 0) is 24.6 Å². The normalized spacial score (nSPS) is 10.7. The Hall–Kier alpha value is -1.85. The number of nitrogens with one attached hydrogen (secondary N) is 1. The maximum Gasteiger partial charge on any atom is 0.270 e. The summed E-state index contributed by atoms with van der Waals surface area (Å²) in [4.78, 5) is 16.3. The second kappa shape index (κ2) is 6.54. The number of hydrogen-bond donors (Lipinski definition) is 2. The number of pyridine rings is 1. The van der Waals surface area contributed by atoms with E-state index in [4.69, 9.17) is 22.1 Å². The lowest BCUT2D eigenvalue weighted by Gasteiger charge is -2.09. The maximum atomic E-state index is 12.1. The van der Waals surface area contributed by atoms with Gasteiger partial charge < -0.3 is 15.8 Å². The number of benzene rings is 1. The molecule has 0 fully saturated rings. The number of nitrogens with two attached hydrogens (primary N) is 1. The minimum absolute atomic E-state index is 0.242. The molecule has 1 aromatic carbocycles. The molecule has 2 aromatic rings. The van der Waals surface area contributed by atoms with Crippen molar-refractivity contribution in [3.63, 3.8) is 0 Å². The molecular formula is C14H16ClN3O2. The maximum absolute atomic E-state index is 12.1. The number of rotatable bonds is 5. The summed E-state index contributed by atoms with van der Waals surface area (Å²) in [5, 5.41) is 4.71. The molecule has 6 heteroatoms. The SMILES string of the molecule is COCCCNC(=O)c1nccc2c(N)cc(Cl)cc12. The molecule has 0 bridgehead atoms. The molecular weight excluding hydrogens is 278 g/mol. The fourth-order valence-electron chi connectivity index (χ4n) is 1.96. The van der Waals surface area contributed by atoms with Gasteiger partial charge in [-0.1, -0.05) is 11.6 Å². The number of aromatic nitrogens is 1. The van der Waals surface area contributed by atoms with E-state index in [-0.39, 0.29) is 5.91 Å². The van der Waals surface area contributed by atoms with Gasteiger partial charge in [0.15, 0.2) is 0 Å². The Bertz CT molecular complexity index is 631. The number of fused-ring (bicyclic) bond motifs is 1. The lowest BCUT2D eigenvalue weighted by molar-refractivity contribution is 0.0945. The van der Waals surface area contributed by atoms with Crippen molar-refractivity contribution in [2.24, 2.45) is 0 Å². The molecule has 0 spiro atoms. The highest BCUT2D eigenvalue weighted by atomic mass is 35.5. The summed E-state index contributed by atoms with van der Waals surface area (Å²) in [7, 11) is 1.62. The number of nitrogen functional groups attached to an aromatic ring is 1. The van der Waals surface area contributed by atoms with Gasteiger partial charge in [-0.15, -0.1) is 0 Å². The van der Waals surface area contributed by atoms with E-state index in [9.17, 15) is 4.79 Å². The van der Waals surface area contributed by atoms with Crippen LogP contribution >= 0.6 is 11.6 Å². The van der Waals surface area contributed by atoms with E-state index in [2.05, 4.69) is 10.3 Å². The number of halogens is 1.